The van der Waals surface area contributed by atoms with Gasteiger partial charge in [0.05, 0.1) is 11.4 Å². The third kappa shape index (κ3) is 5.70. The Morgan fingerprint density at radius 1 is 1.03 bits per heavy atom. The van der Waals surface area contributed by atoms with E-state index in [4.69, 9.17) is 11.6 Å². The van der Waals surface area contributed by atoms with E-state index < -0.39 is 15.9 Å². The number of carbonyl (C=O) groups excluding carboxylic acids is 1. The lowest BCUT2D eigenvalue weighted by Crippen LogP contribution is -2.37. The minimum Gasteiger partial charge on any atom is -0.325 e. The van der Waals surface area contributed by atoms with Crippen LogP contribution in [-0.4, -0.2) is 25.2 Å². The molecule has 0 saturated carbocycles. The van der Waals surface area contributed by atoms with Gasteiger partial charge in [0, 0.05) is 21.7 Å². The summed E-state index contributed by atoms with van der Waals surface area (Å²) in [4.78, 5) is 12.8. The van der Waals surface area contributed by atoms with E-state index in [1.807, 2.05) is 25.1 Å². The van der Waals surface area contributed by atoms with E-state index in [1.54, 1.807) is 42.5 Å². The number of hydrogen-bond acceptors (Lipinski definition) is 3. The van der Waals surface area contributed by atoms with E-state index in [2.05, 4.69) is 21.2 Å². The first kappa shape index (κ1) is 22.5. The largest absolute Gasteiger partial charge is 0.325 e. The van der Waals surface area contributed by atoms with Crippen molar-refractivity contribution < 1.29 is 13.2 Å². The molecule has 0 radical (unpaired) electrons. The quantitative estimate of drug-likeness (QED) is 0.475. The topological polar surface area (TPSA) is 66.5 Å². The summed E-state index contributed by atoms with van der Waals surface area (Å²) in [6.07, 6.45) is 0. The molecular weight excluding hydrogens is 488 g/mol. The third-order valence-electron chi connectivity index (χ3n) is 4.38. The van der Waals surface area contributed by atoms with E-state index in [-0.39, 0.29) is 18.0 Å². The summed E-state index contributed by atoms with van der Waals surface area (Å²) in [6, 6.07) is 20.6. The van der Waals surface area contributed by atoms with Gasteiger partial charge in [0.15, 0.2) is 0 Å². The van der Waals surface area contributed by atoms with E-state index in [1.165, 1.54) is 12.1 Å². The SMILES string of the molecule is Cc1cccc(NC(=O)CN(Cc2ccccc2Cl)S(=O)(=O)c2ccc(Br)cc2)c1. The summed E-state index contributed by atoms with van der Waals surface area (Å²) in [5, 5.41) is 3.20. The van der Waals surface area contributed by atoms with Crippen LogP contribution in [0, 0.1) is 6.92 Å². The molecule has 0 aliphatic carbocycles. The van der Waals surface area contributed by atoms with Gasteiger partial charge in [0.25, 0.3) is 0 Å². The fourth-order valence-electron chi connectivity index (χ4n) is 2.88. The van der Waals surface area contributed by atoms with Gasteiger partial charge in [-0.1, -0.05) is 57.9 Å². The number of aryl methyl sites for hydroxylation is 1. The summed E-state index contributed by atoms with van der Waals surface area (Å²) >= 11 is 9.55. The molecule has 156 valence electrons. The zero-order valence-corrected chi connectivity index (χ0v) is 19.3. The van der Waals surface area contributed by atoms with Crippen LogP contribution in [0.15, 0.2) is 82.2 Å². The van der Waals surface area contributed by atoms with Crippen molar-refractivity contribution in [3.63, 3.8) is 0 Å². The molecule has 3 aromatic carbocycles. The second-order valence-corrected chi connectivity index (χ2v) is 10.00. The standard InChI is InChI=1S/C22H20BrClN2O3S/c1-16-5-4-7-19(13-16)25-22(27)15-26(14-17-6-2-3-8-21(17)24)30(28,29)20-11-9-18(23)10-12-20/h2-13H,14-15H2,1H3,(H,25,27). The average Bonchev–Trinajstić information content (AvgIpc) is 2.69. The predicted molar refractivity (Wildman–Crippen MR) is 123 cm³/mol. The van der Waals surface area contributed by atoms with Crippen molar-refractivity contribution in [2.45, 2.75) is 18.4 Å². The van der Waals surface area contributed by atoms with Crippen molar-refractivity contribution in [2.75, 3.05) is 11.9 Å². The minimum atomic E-state index is -3.94. The van der Waals surface area contributed by atoms with Crippen LogP contribution in [-0.2, 0) is 21.4 Å². The van der Waals surface area contributed by atoms with Gasteiger partial charge < -0.3 is 5.32 Å². The van der Waals surface area contributed by atoms with E-state index in [9.17, 15) is 13.2 Å². The van der Waals surface area contributed by atoms with Gasteiger partial charge in [-0.3, -0.25) is 4.79 Å². The van der Waals surface area contributed by atoms with Crippen LogP contribution in [0.3, 0.4) is 0 Å². The molecule has 1 N–H and O–H groups in total. The first-order valence-corrected chi connectivity index (χ1v) is 11.7. The fraction of sp³-hybridized carbons (Fsp3) is 0.136. The molecule has 30 heavy (non-hydrogen) atoms. The summed E-state index contributed by atoms with van der Waals surface area (Å²) in [6.45, 7) is 1.54. The Morgan fingerprint density at radius 2 is 1.73 bits per heavy atom. The molecule has 0 aliphatic heterocycles. The van der Waals surface area contributed by atoms with Crippen LogP contribution < -0.4 is 5.32 Å². The number of amides is 1. The summed E-state index contributed by atoms with van der Waals surface area (Å²) in [5.41, 5.74) is 2.21. The molecule has 0 aliphatic rings. The smallest absolute Gasteiger partial charge is 0.243 e. The van der Waals surface area contributed by atoms with Crippen LogP contribution in [0.1, 0.15) is 11.1 Å². The fourth-order valence-corrected chi connectivity index (χ4v) is 4.72. The van der Waals surface area contributed by atoms with Gasteiger partial charge in [-0.2, -0.15) is 4.31 Å². The number of nitrogens with one attached hydrogen (secondary N) is 1. The highest BCUT2D eigenvalue weighted by Gasteiger charge is 2.27. The van der Waals surface area contributed by atoms with Crippen molar-refractivity contribution in [3.8, 4) is 0 Å². The van der Waals surface area contributed by atoms with Crippen LogP contribution in [0.2, 0.25) is 5.02 Å². The Labute approximate surface area is 189 Å². The molecule has 8 heteroatoms. The highest BCUT2D eigenvalue weighted by atomic mass is 79.9. The second kappa shape index (κ2) is 9.75. The van der Waals surface area contributed by atoms with Gasteiger partial charge in [0.1, 0.15) is 0 Å². The molecule has 1 amide bonds. The maximum Gasteiger partial charge on any atom is 0.243 e. The molecule has 0 saturated heterocycles. The summed E-state index contributed by atoms with van der Waals surface area (Å²) < 4.78 is 28.5. The highest BCUT2D eigenvalue weighted by molar-refractivity contribution is 9.10. The number of anilines is 1. The molecule has 0 fully saturated rings. The Balaban J connectivity index is 1.89. The van der Waals surface area contributed by atoms with Crippen molar-refractivity contribution in [1.82, 2.24) is 4.31 Å². The molecule has 0 unspecified atom stereocenters. The Bertz CT molecular complexity index is 1150. The van der Waals surface area contributed by atoms with Gasteiger partial charge in [-0.25, -0.2) is 8.42 Å². The molecule has 0 heterocycles. The van der Waals surface area contributed by atoms with Crippen LogP contribution in [0.5, 0.6) is 0 Å². The zero-order chi connectivity index (χ0) is 21.7. The number of halogens is 2. The number of benzene rings is 3. The average molecular weight is 508 g/mol. The van der Waals surface area contributed by atoms with Crippen LogP contribution in [0.25, 0.3) is 0 Å². The highest BCUT2D eigenvalue weighted by Crippen LogP contribution is 2.24. The zero-order valence-electron chi connectivity index (χ0n) is 16.2. The van der Waals surface area contributed by atoms with Crippen molar-refractivity contribution >= 4 is 49.1 Å². The first-order chi connectivity index (χ1) is 14.3. The molecule has 3 aromatic rings. The van der Waals surface area contributed by atoms with E-state index in [0.717, 1.165) is 14.3 Å². The molecular formula is C22H20BrClN2O3S. The molecule has 0 aromatic heterocycles. The second-order valence-electron chi connectivity index (χ2n) is 6.74. The van der Waals surface area contributed by atoms with Crippen LogP contribution in [0.4, 0.5) is 5.69 Å². The van der Waals surface area contributed by atoms with Crippen molar-refractivity contribution in [1.29, 1.82) is 0 Å². The lowest BCUT2D eigenvalue weighted by atomic mass is 10.2. The number of nitrogens with zero attached hydrogens (tertiary/aromatic N) is 1. The molecule has 0 spiro atoms. The van der Waals surface area contributed by atoms with Gasteiger partial charge >= 0.3 is 0 Å². The summed E-state index contributed by atoms with van der Waals surface area (Å²) in [7, 11) is -3.94. The molecule has 0 atom stereocenters. The lowest BCUT2D eigenvalue weighted by molar-refractivity contribution is -0.116. The van der Waals surface area contributed by atoms with Gasteiger partial charge in [0.2, 0.25) is 15.9 Å². The Hall–Kier alpha value is -2.19. The van der Waals surface area contributed by atoms with Crippen LogP contribution >= 0.6 is 27.5 Å². The minimum absolute atomic E-state index is 0.0285. The third-order valence-corrected chi connectivity index (χ3v) is 7.08. The maximum atomic E-state index is 13.3. The summed E-state index contributed by atoms with van der Waals surface area (Å²) in [5.74, 6) is -0.437. The molecule has 0 bridgehead atoms. The van der Waals surface area contributed by atoms with E-state index in [0.29, 0.717) is 16.3 Å². The Kier molecular flexibility index (Phi) is 7.31. The maximum absolute atomic E-state index is 13.3. The van der Waals surface area contributed by atoms with Gasteiger partial charge in [-0.05, 0) is 60.5 Å². The lowest BCUT2D eigenvalue weighted by Gasteiger charge is -2.22. The van der Waals surface area contributed by atoms with Crippen molar-refractivity contribution in [3.05, 3.63) is 93.4 Å². The first-order valence-electron chi connectivity index (χ1n) is 9.11. The number of hydrogen-bond donors (Lipinski definition) is 1. The number of rotatable bonds is 7. The van der Waals surface area contributed by atoms with Crippen molar-refractivity contribution in [2.24, 2.45) is 0 Å². The normalized spacial score (nSPS) is 11.5. The number of sulfonamides is 1. The number of carbonyl (C=O) groups is 1. The molecule has 3 rings (SSSR count). The van der Waals surface area contributed by atoms with Gasteiger partial charge in [-0.15, -0.1) is 0 Å². The molecule has 5 nitrogen and oxygen atoms in total. The van der Waals surface area contributed by atoms with E-state index >= 15 is 0 Å². The predicted octanol–water partition coefficient (Wildman–Crippen LogP) is 5.24. The Morgan fingerprint density at radius 3 is 2.40 bits per heavy atom. The monoisotopic (exact) mass is 506 g/mol.